The van der Waals surface area contributed by atoms with Crippen LogP contribution >= 0.6 is 0 Å². The summed E-state index contributed by atoms with van der Waals surface area (Å²) < 4.78 is 3.22. The second-order valence-corrected chi connectivity index (χ2v) is 9.40. The Morgan fingerprint density at radius 1 is 0.925 bits per heavy atom. The van der Waals surface area contributed by atoms with Gasteiger partial charge in [0.2, 0.25) is 0 Å². The van der Waals surface area contributed by atoms with E-state index < -0.39 is 6.04 Å². The number of hydrogen-bond donors (Lipinski definition) is 1. The summed E-state index contributed by atoms with van der Waals surface area (Å²) in [5.74, 6) is 6.31. The van der Waals surface area contributed by atoms with E-state index in [-0.39, 0.29) is 11.5 Å². The summed E-state index contributed by atoms with van der Waals surface area (Å²) in [4.78, 5) is 36.7. The van der Waals surface area contributed by atoms with E-state index in [0.29, 0.717) is 33.5 Å². The van der Waals surface area contributed by atoms with Gasteiger partial charge in [0.05, 0.1) is 40.0 Å². The fourth-order valence-electron chi connectivity index (χ4n) is 4.73. The topological polar surface area (TPSA) is 94.7 Å². The summed E-state index contributed by atoms with van der Waals surface area (Å²) in [6.07, 6.45) is 6.76. The summed E-state index contributed by atoms with van der Waals surface area (Å²) in [7, 11) is 1.82. The van der Waals surface area contributed by atoms with Gasteiger partial charge in [-0.25, -0.2) is 4.98 Å². The lowest BCUT2D eigenvalue weighted by atomic mass is 10.1. The third kappa shape index (κ3) is 4.61. The Kier molecular flexibility index (Phi) is 6.38. The maximum atomic E-state index is 14.1. The fraction of sp³-hybridized carbons (Fsp3) is 0.0938. The number of aryl methyl sites for hydroxylation is 1. The molecule has 1 N–H and O–H groups in total. The summed E-state index contributed by atoms with van der Waals surface area (Å²) in [6, 6.07) is 21.7. The molecule has 0 saturated carbocycles. The van der Waals surface area contributed by atoms with Crippen molar-refractivity contribution < 1.29 is 4.79 Å². The number of rotatable bonds is 4. The SMILES string of the molecule is C[C@H](NC(=O)c1cncc2ccccc12)c1nc2cccc(C#Cc3cnn(C)c3)c2c(=O)n1-c1ccccc1. The highest BCUT2D eigenvalue weighted by Gasteiger charge is 2.22. The van der Waals surface area contributed by atoms with E-state index in [2.05, 4.69) is 27.2 Å². The highest BCUT2D eigenvalue weighted by molar-refractivity contribution is 6.06. The molecule has 6 aromatic rings. The van der Waals surface area contributed by atoms with Crippen molar-refractivity contribution in [2.24, 2.45) is 7.05 Å². The molecule has 0 bridgehead atoms. The van der Waals surface area contributed by atoms with Crippen LogP contribution in [0, 0.1) is 11.8 Å². The third-order valence-electron chi connectivity index (χ3n) is 6.63. The molecule has 1 atom stereocenters. The number of nitrogens with one attached hydrogen (secondary N) is 1. The van der Waals surface area contributed by atoms with E-state index in [1.807, 2.05) is 86.9 Å². The molecule has 3 aromatic carbocycles. The second kappa shape index (κ2) is 10.3. The molecule has 0 aliphatic carbocycles. The van der Waals surface area contributed by atoms with Crippen molar-refractivity contribution in [1.82, 2.24) is 29.6 Å². The monoisotopic (exact) mass is 524 g/mol. The van der Waals surface area contributed by atoms with Crippen molar-refractivity contribution in [2.75, 3.05) is 0 Å². The summed E-state index contributed by atoms with van der Waals surface area (Å²) in [5, 5.41) is 9.26. The predicted octanol–water partition coefficient (Wildman–Crippen LogP) is 4.56. The minimum Gasteiger partial charge on any atom is -0.342 e. The van der Waals surface area contributed by atoms with Gasteiger partial charge < -0.3 is 5.32 Å². The number of aromatic nitrogens is 5. The number of benzene rings is 3. The smallest absolute Gasteiger partial charge is 0.267 e. The van der Waals surface area contributed by atoms with Gasteiger partial charge in [-0.3, -0.25) is 23.8 Å². The zero-order valence-electron chi connectivity index (χ0n) is 21.9. The minimum absolute atomic E-state index is 0.268. The lowest BCUT2D eigenvalue weighted by Gasteiger charge is -2.20. The Balaban J connectivity index is 1.47. The molecule has 0 saturated heterocycles. The molecule has 0 aliphatic rings. The maximum Gasteiger partial charge on any atom is 0.267 e. The Bertz CT molecular complexity index is 2010. The lowest BCUT2D eigenvalue weighted by molar-refractivity contribution is 0.0939. The van der Waals surface area contributed by atoms with Crippen LogP contribution in [-0.4, -0.2) is 30.2 Å². The first-order chi connectivity index (χ1) is 19.5. The van der Waals surface area contributed by atoms with Crippen LogP contribution in [0.3, 0.4) is 0 Å². The quantitative estimate of drug-likeness (QED) is 0.341. The van der Waals surface area contributed by atoms with Gasteiger partial charge in [0, 0.05) is 36.6 Å². The number of para-hydroxylation sites is 1. The van der Waals surface area contributed by atoms with Gasteiger partial charge in [0.25, 0.3) is 11.5 Å². The second-order valence-electron chi connectivity index (χ2n) is 9.40. The first-order valence-electron chi connectivity index (χ1n) is 12.7. The number of pyridine rings is 1. The molecule has 3 aromatic heterocycles. The zero-order valence-corrected chi connectivity index (χ0v) is 21.9. The van der Waals surface area contributed by atoms with Gasteiger partial charge in [-0.2, -0.15) is 5.10 Å². The molecule has 0 radical (unpaired) electrons. The summed E-state index contributed by atoms with van der Waals surface area (Å²) >= 11 is 0. The van der Waals surface area contributed by atoms with Crippen LogP contribution in [0.4, 0.5) is 0 Å². The van der Waals surface area contributed by atoms with Crippen molar-refractivity contribution in [3.8, 4) is 17.5 Å². The molecule has 40 heavy (non-hydrogen) atoms. The minimum atomic E-state index is -0.603. The van der Waals surface area contributed by atoms with Gasteiger partial charge >= 0.3 is 0 Å². The van der Waals surface area contributed by atoms with Gasteiger partial charge in [0.15, 0.2) is 0 Å². The van der Waals surface area contributed by atoms with Crippen LogP contribution in [-0.2, 0) is 7.05 Å². The maximum absolute atomic E-state index is 14.1. The van der Waals surface area contributed by atoms with E-state index in [1.165, 1.54) is 0 Å². The van der Waals surface area contributed by atoms with Gasteiger partial charge in [0.1, 0.15) is 5.82 Å². The Hall–Kier alpha value is -5.55. The zero-order chi connectivity index (χ0) is 27.6. The van der Waals surface area contributed by atoms with Gasteiger partial charge in [-0.05, 0) is 36.6 Å². The molecule has 6 rings (SSSR count). The molecular weight excluding hydrogens is 500 g/mol. The number of carbonyl (C=O) groups excluding carboxylic acids is 1. The molecule has 8 heteroatoms. The van der Waals surface area contributed by atoms with Crippen molar-refractivity contribution in [3.05, 3.63) is 130 Å². The third-order valence-corrected chi connectivity index (χ3v) is 6.63. The number of amides is 1. The van der Waals surface area contributed by atoms with Crippen LogP contribution < -0.4 is 10.9 Å². The normalized spacial score (nSPS) is 11.7. The van der Waals surface area contributed by atoms with Gasteiger partial charge in [-0.15, -0.1) is 0 Å². The summed E-state index contributed by atoms with van der Waals surface area (Å²) in [6.45, 7) is 1.82. The number of fused-ring (bicyclic) bond motifs is 2. The molecule has 1 amide bonds. The predicted molar refractivity (Wildman–Crippen MR) is 154 cm³/mol. The molecule has 0 fully saturated rings. The van der Waals surface area contributed by atoms with Crippen molar-refractivity contribution in [2.45, 2.75) is 13.0 Å². The molecule has 0 spiro atoms. The van der Waals surface area contributed by atoms with Crippen molar-refractivity contribution in [1.29, 1.82) is 0 Å². The Labute approximate surface area is 230 Å². The summed E-state index contributed by atoms with van der Waals surface area (Å²) in [5.41, 5.74) is 2.63. The molecule has 0 unspecified atom stereocenters. The highest BCUT2D eigenvalue weighted by atomic mass is 16.2. The average Bonchev–Trinajstić information content (AvgIpc) is 3.40. The van der Waals surface area contributed by atoms with E-state index in [0.717, 1.165) is 16.3 Å². The number of nitrogens with zero attached hydrogens (tertiary/aromatic N) is 5. The van der Waals surface area contributed by atoms with Gasteiger partial charge in [-0.1, -0.05) is 60.4 Å². The average molecular weight is 525 g/mol. The first kappa shape index (κ1) is 24.8. The van der Waals surface area contributed by atoms with E-state index >= 15 is 0 Å². The fourth-order valence-corrected chi connectivity index (χ4v) is 4.73. The van der Waals surface area contributed by atoms with Crippen LogP contribution in [0.5, 0.6) is 0 Å². The Morgan fingerprint density at radius 3 is 2.52 bits per heavy atom. The first-order valence-corrected chi connectivity index (χ1v) is 12.7. The molecule has 194 valence electrons. The van der Waals surface area contributed by atoms with E-state index in [9.17, 15) is 9.59 Å². The van der Waals surface area contributed by atoms with Crippen LogP contribution in [0.2, 0.25) is 0 Å². The molecular formula is C32H24N6O2. The standard InChI is InChI=1S/C32H24N6O2/c1-21(35-31(39)27-19-33-18-24-9-6-7-13-26(24)27)30-36-28-14-8-10-23(16-15-22-17-34-37(2)20-22)29(28)32(40)38(30)25-11-4-3-5-12-25/h3-14,17-21H,1-2H3,(H,35,39)/t21-/m0/s1. The van der Waals surface area contributed by atoms with E-state index in [1.54, 1.807) is 33.9 Å². The molecule has 0 aliphatic heterocycles. The Morgan fingerprint density at radius 2 is 1.73 bits per heavy atom. The molecule has 3 heterocycles. The van der Waals surface area contributed by atoms with E-state index in [4.69, 9.17) is 4.98 Å². The lowest BCUT2D eigenvalue weighted by Crippen LogP contribution is -2.33. The number of hydrogen-bond acceptors (Lipinski definition) is 5. The molecule has 8 nitrogen and oxygen atoms in total. The van der Waals surface area contributed by atoms with Crippen molar-refractivity contribution >= 4 is 27.6 Å². The van der Waals surface area contributed by atoms with Crippen LogP contribution in [0.1, 0.15) is 40.3 Å². The van der Waals surface area contributed by atoms with Crippen molar-refractivity contribution in [3.63, 3.8) is 0 Å². The van der Waals surface area contributed by atoms with Crippen LogP contribution in [0.25, 0.3) is 27.4 Å². The number of carbonyl (C=O) groups is 1. The largest absolute Gasteiger partial charge is 0.342 e. The highest BCUT2D eigenvalue weighted by Crippen LogP contribution is 2.22. The van der Waals surface area contributed by atoms with Crippen LogP contribution in [0.15, 0.2) is 102 Å².